The largest absolute Gasteiger partial charge is 0.394 e. The van der Waals surface area contributed by atoms with Crippen LogP contribution in [0.15, 0.2) is 48.6 Å². The first kappa shape index (κ1) is 57.1. The first-order valence-electron chi connectivity index (χ1n) is 24.4. The predicted molar refractivity (Wildman–Crippen MR) is 244 cm³/mol. The molecule has 2 aliphatic rings. The van der Waals surface area contributed by atoms with Crippen LogP contribution in [0.25, 0.3) is 0 Å². The SMILES string of the molecule is CC/C=C\C/C=C\C/C=C\C/C=C\CCCCCCCCCCCCCCC(=O)NC(COC1OC(CO)C(OC2OC(CO)C(O)C(O)C2O)C(O)C1O)C(O)CCCCCC. The van der Waals surface area contributed by atoms with Crippen LogP contribution in [0.2, 0.25) is 0 Å². The quantitative estimate of drug-likeness (QED) is 0.0272. The summed E-state index contributed by atoms with van der Waals surface area (Å²) in [7, 11) is 0. The van der Waals surface area contributed by atoms with Gasteiger partial charge in [-0.1, -0.05) is 152 Å². The highest BCUT2D eigenvalue weighted by Crippen LogP contribution is 2.30. The van der Waals surface area contributed by atoms with E-state index in [1.54, 1.807) is 0 Å². The van der Waals surface area contributed by atoms with E-state index in [9.17, 15) is 45.6 Å². The lowest BCUT2D eigenvalue weighted by atomic mass is 9.97. The molecule has 0 aliphatic carbocycles. The zero-order valence-electron chi connectivity index (χ0n) is 38.6. The third-order valence-corrected chi connectivity index (χ3v) is 11.8. The third kappa shape index (κ3) is 23.8. The van der Waals surface area contributed by atoms with E-state index in [1.165, 1.54) is 51.4 Å². The molecule has 2 rings (SSSR count). The summed E-state index contributed by atoms with van der Waals surface area (Å²) in [6.07, 6.45) is 24.9. The van der Waals surface area contributed by atoms with Crippen LogP contribution >= 0.6 is 0 Å². The van der Waals surface area contributed by atoms with E-state index in [-0.39, 0.29) is 12.5 Å². The Morgan fingerprint density at radius 1 is 0.587 bits per heavy atom. The second-order valence-corrected chi connectivity index (χ2v) is 17.2. The van der Waals surface area contributed by atoms with Gasteiger partial charge in [-0.2, -0.15) is 0 Å². The van der Waals surface area contributed by atoms with E-state index in [4.69, 9.17) is 18.9 Å². The monoisotopic (exact) mass is 898 g/mol. The molecule has 366 valence electrons. The number of nitrogens with one attached hydrogen (secondary N) is 1. The minimum Gasteiger partial charge on any atom is -0.394 e. The third-order valence-electron chi connectivity index (χ3n) is 11.8. The van der Waals surface area contributed by atoms with Crippen molar-refractivity contribution in [2.24, 2.45) is 0 Å². The summed E-state index contributed by atoms with van der Waals surface area (Å²) in [5.74, 6) is -0.221. The van der Waals surface area contributed by atoms with Crippen LogP contribution in [0.1, 0.15) is 162 Å². The molecule has 0 saturated carbocycles. The number of carbonyl (C=O) groups excluding carboxylic acids is 1. The van der Waals surface area contributed by atoms with Crippen LogP contribution in [0, 0.1) is 0 Å². The Morgan fingerprint density at radius 3 is 1.67 bits per heavy atom. The Bertz CT molecular complexity index is 1250. The van der Waals surface area contributed by atoms with E-state index < -0.39 is 86.8 Å². The maximum atomic E-state index is 13.0. The van der Waals surface area contributed by atoms with Crippen molar-refractivity contribution in [1.82, 2.24) is 5.32 Å². The average Bonchev–Trinajstić information content (AvgIpc) is 3.28. The predicted octanol–water partition coefficient (Wildman–Crippen LogP) is 5.71. The van der Waals surface area contributed by atoms with Crippen molar-refractivity contribution in [3.63, 3.8) is 0 Å². The van der Waals surface area contributed by atoms with Gasteiger partial charge in [0.1, 0.15) is 48.8 Å². The van der Waals surface area contributed by atoms with Crippen molar-refractivity contribution in [1.29, 1.82) is 0 Å². The van der Waals surface area contributed by atoms with Gasteiger partial charge in [0.25, 0.3) is 0 Å². The van der Waals surface area contributed by atoms with E-state index >= 15 is 0 Å². The first-order valence-corrected chi connectivity index (χ1v) is 24.4. The average molecular weight is 898 g/mol. The van der Waals surface area contributed by atoms with E-state index in [1.807, 2.05) is 0 Å². The van der Waals surface area contributed by atoms with Crippen molar-refractivity contribution < 1.29 is 64.6 Å². The maximum Gasteiger partial charge on any atom is 0.220 e. The number of hydrogen-bond donors (Lipinski definition) is 9. The van der Waals surface area contributed by atoms with Crippen molar-refractivity contribution in [3.05, 3.63) is 48.6 Å². The molecule has 0 aromatic rings. The molecule has 0 aromatic carbocycles. The normalized spacial score (nSPS) is 27.9. The van der Waals surface area contributed by atoms with Gasteiger partial charge in [0.05, 0.1) is 32.0 Å². The van der Waals surface area contributed by atoms with Crippen LogP contribution in [-0.4, -0.2) is 140 Å². The summed E-state index contributed by atoms with van der Waals surface area (Å²) in [6, 6.07) is -0.826. The molecular formula is C49H87NO13. The van der Waals surface area contributed by atoms with Gasteiger partial charge in [0.2, 0.25) is 5.91 Å². The summed E-state index contributed by atoms with van der Waals surface area (Å²) < 4.78 is 22.6. The highest BCUT2D eigenvalue weighted by Gasteiger charge is 2.51. The summed E-state index contributed by atoms with van der Waals surface area (Å²) in [5, 5.41) is 86.1. The Morgan fingerprint density at radius 2 is 1.10 bits per heavy atom. The number of unbranched alkanes of at least 4 members (excludes halogenated alkanes) is 15. The highest BCUT2D eigenvalue weighted by atomic mass is 16.7. The number of allylic oxidation sites excluding steroid dienone is 8. The van der Waals surface area contributed by atoms with Crippen molar-refractivity contribution in [2.45, 2.75) is 235 Å². The fourth-order valence-corrected chi connectivity index (χ4v) is 7.81. The number of rotatable bonds is 36. The van der Waals surface area contributed by atoms with E-state index in [2.05, 4.69) is 67.8 Å². The lowest BCUT2D eigenvalue weighted by molar-refractivity contribution is -0.359. The number of carbonyl (C=O) groups is 1. The lowest BCUT2D eigenvalue weighted by Crippen LogP contribution is -2.65. The zero-order chi connectivity index (χ0) is 46.1. The molecule has 0 spiro atoms. The van der Waals surface area contributed by atoms with Crippen LogP contribution in [0.4, 0.5) is 0 Å². The maximum absolute atomic E-state index is 13.0. The Labute approximate surface area is 378 Å². The topological polar surface area (TPSA) is 228 Å². The van der Waals surface area contributed by atoms with Gasteiger partial charge >= 0.3 is 0 Å². The molecule has 0 radical (unpaired) electrons. The molecule has 63 heavy (non-hydrogen) atoms. The van der Waals surface area contributed by atoms with E-state index in [0.29, 0.717) is 12.8 Å². The van der Waals surface area contributed by atoms with Crippen molar-refractivity contribution in [3.8, 4) is 0 Å². The molecule has 9 N–H and O–H groups in total. The number of aliphatic hydroxyl groups is 8. The molecule has 2 saturated heterocycles. The van der Waals surface area contributed by atoms with Gasteiger partial charge in [-0.3, -0.25) is 4.79 Å². The molecule has 0 aromatic heterocycles. The summed E-state index contributed by atoms with van der Waals surface area (Å²) in [5.41, 5.74) is 0. The number of aliphatic hydroxyl groups excluding tert-OH is 8. The smallest absolute Gasteiger partial charge is 0.220 e. The molecule has 1 amide bonds. The molecule has 14 nitrogen and oxygen atoms in total. The van der Waals surface area contributed by atoms with E-state index in [0.717, 1.165) is 83.5 Å². The molecule has 2 aliphatic heterocycles. The molecule has 12 atom stereocenters. The molecular weight excluding hydrogens is 811 g/mol. The second-order valence-electron chi connectivity index (χ2n) is 17.2. The number of hydrogen-bond acceptors (Lipinski definition) is 13. The van der Waals surface area contributed by atoms with Gasteiger partial charge in [-0.25, -0.2) is 0 Å². The summed E-state index contributed by atoms with van der Waals surface area (Å²) in [6.45, 7) is 2.58. The minimum absolute atomic E-state index is 0.221. The Kier molecular flexibility index (Phi) is 32.7. The first-order chi connectivity index (χ1) is 30.6. The second kappa shape index (κ2) is 36.1. The Balaban J connectivity index is 1.65. The fourth-order valence-electron chi connectivity index (χ4n) is 7.81. The van der Waals surface area contributed by atoms with Crippen molar-refractivity contribution >= 4 is 5.91 Å². The standard InChI is InChI=1S/C49H87NO13/c1-3-5-7-9-10-11-12-13-14-15-16-17-18-19-20-21-22-23-24-25-26-27-28-29-31-33-41(54)50-37(38(53)32-30-8-6-4-2)36-60-48-46(59)44(57)47(40(35-52)62-48)63-49-45(58)43(56)42(55)39(34-51)61-49/h5,7,10-11,13-14,16-17,37-40,42-49,51-53,55-59H,3-4,6,8-9,12,15,18-36H2,1-2H3,(H,50,54)/b7-5-,11-10-,14-13-,17-16-. The zero-order valence-corrected chi connectivity index (χ0v) is 38.6. The molecule has 2 heterocycles. The van der Waals surface area contributed by atoms with Crippen LogP contribution < -0.4 is 5.32 Å². The minimum atomic E-state index is -1.78. The van der Waals surface area contributed by atoms with Gasteiger partial charge < -0.3 is 65.1 Å². The summed E-state index contributed by atoms with van der Waals surface area (Å²) in [4.78, 5) is 13.0. The fraction of sp³-hybridized carbons (Fsp3) is 0.816. The van der Waals surface area contributed by atoms with Crippen LogP contribution in [0.5, 0.6) is 0 Å². The van der Waals surface area contributed by atoms with Crippen LogP contribution in [-0.2, 0) is 23.7 Å². The van der Waals surface area contributed by atoms with Gasteiger partial charge in [-0.05, 0) is 51.4 Å². The summed E-state index contributed by atoms with van der Waals surface area (Å²) >= 11 is 0. The van der Waals surface area contributed by atoms with Gasteiger partial charge in [0.15, 0.2) is 12.6 Å². The Hall–Kier alpha value is -2.05. The molecule has 0 bridgehead atoms. The highest BCUT2D eigenvalue weighted by molar-refractivity contribution is 5.76. The molecule has 12 unspecified atom stereocenters. The van der Waals surface area contributed by atoms with Crippen molar-refractivity contribution in [2.75, 3.05) is 19.8 Å². The molecule has 2 fully saturated rings. The van der Waals surface area contributed by atoms with Gasteiger partial charge in [0, 0.05) is 6.42 Å². The number of ether oxygens (including phenoxy) is 4. The lowest BCUT2D eigenvalue weighted by Gasteiger charge is -2.46. The molecule has 14 heteroatoms. The van der Waals surface area contributed by atoms with Crippen LogP contribution in [0.3, 0.4) is 0 Å². The number of amides is 1. The van der Waals surface area contributed by atoms with Gasteiger partial charge in [-0.15, -0.1) is 0 Å².